The topological polar surface area (TPSA) is 61.8 Å². The number of carbonyl (C=O) groups excluding carboxylic acids is 2. The molecule has 0 aromatic heterocycles. The monoisotopic (exact) mass is 837 g/mol. The summed E-state index contributed by atoms with van der Waals surface area (Å²) >= 11 is 0. The molecule has 0 aliphatic heterocycles. The van der Waals surface area contributed by atoms with Crippen LogP contribution in [0.1, 0.15) is 239 Å². The molecule has 346 valence electrons. The number of allylic oxidation sites excluding steroid dienone is 12. The molecule has 0 radical (unpaired) electrons. The van der Waals surface area contributed by atoms with E-state index in [-0.39, 0.29) is 25.2 Å². The smallest absolute Gasteiger partial charge is 0.306 e. The van der Waals surface area contributed by atoms with Crippen molar-refractivity contribution in [1.29, 1.82) is 0 Å². The van der Waals surface area contributed by atoms with Crippen LogP contribution >= 0.6 is 0 Å². The molecule has 0 aromatic rings. The van der Waals surface area contributed by atoms with Gasteiger partial charge >= 0.3 is 11.9 Å². The summed E-state index contributed by atoms with van der Waals surface area (Å²) < 4.78 is 17.3. The maximum absolute atomic E-state index is 12.8. The number of esters is 2. The second-order valence-corrected chi connectivity index (χ2v) is 16.7. The Hall–Kier alpha value is -2.66. The minimum absolute atomic E-state index is 0.0612. The Balaban J connectivity index is 4.30. The minimum Gasteiger partial charge on any atom is -0.462 e. The van der Waals surface area contributed by atoms with Crippen LogP contribution in [0.3, 0.4) is 0 Å². The lowest BCUT2D eigenvalue weighted by molar-refractivity contribution is -0.163. The summed E-state index contributed by atoms with van der Waals surface area (Å²) in [6.45, 7) is 7.64. The molecule has 0 N–H and O–H groups in total. The second kappa shape index (κ2) is 50.7. The molecule has 1 atom stereocenters. The van der Waals surface area contributed by atoms with Crippen LogP contribution in [0.2, 0.25) is 0 Å². The molecule has 0 fully saturated rings. The van der Waals surface area contributed by atoms with E-state index in [4.69, 9.17) is 14.2 Å². The first-order chi connectivity index (χ1) is 29.6. The first kappa shape index (κ1) is 57.3. The van der Waals surface area contributed by atoms with Crippen molar-refractivity contribution in [3.05, 3.63) is 72.9 Å². The Morgan fingerprint density at radius 3 is 1.27 bits per heavy atom. The van der Waals surface area contributed by atoms with Crippen molar-refractivity contribution in [1.82, 2.24) is 0 Å². The molecule has 0 spiro atoms. The highest BCUT2D eigenvalue weighted by molar-refractivity contribution is 5.70. The first-order valence-electron chi connectivity index (χ1n) is 25.5. The van der Waals surface area contributed by atoms with Gasteiger partial charge in [-0.3, -0.25) is 9.59 Å². The fraction of sp³-hybridized carbons (Fsp3) is 0.745. The highest BCUT2D eigenvalue weighted by atomic mass is 16.6. The number of hydrogen-bond acceptors (Lipinski definition) is 5. The normalized spacial score (nSPS) is 12.8. The van der Waals surface area contributed by atoms with Crippen molar-refractivity contribution in [2.75, 3.05) is 19.8 Å². The number of carbonyl (C=O) groups is 2. The molecule has 0 heterocycles. The van der Waals surface area contributed by atoms with Gasteiger partial charge in [-0.05, 0) is 89.9 Å². The molecular formula is C55H96O5. The number of hydrogen-bond donors (Lipinski definition) is 0. The third-order valence-electron chi connectivity index (χ3n) is 10.7. The molecule has 5 nitrogen and oxygen atoms in total. The molecule has 0 amide bonds. The largest absolute Gasteiger partial charge is 0.462 e. The van der Waals surface area contributed by atoms with Crippen LogP contribution in [-0.2, 0) is 23.8 Å². The van der Waals surface area contributed by atoms with Crippen molar-refractivity contribution >= 4 is 11.9 Å². The molecule has 1 unspecified atom stereocenters. The van der Waals surface area contributed by atoms with Crippen molar-refractivity contribution in [2.24, 2.45) is 0 Å². The van der Waals surface area contributed by atoms with Gasteiger partial charge in [-0.1, -0.05) is 209 Å². The predicted octanol–water partition coefficient (Wildman–Crippen LogP) is 17.1. The van der Waals surface area contributed by atoms with Gasteiger partial charge in [0, 0.05) is 19.4 Å². The summed E-state index contributed by atoms with van der Waals surface area (Å²) in [4.78, 5) is 25.3. The van der Waals surface area contributed by atoms with E-state index in [2.05, 4.69) is 93.7 Å². The van der Waals surface area contributed by atoms with E-state index in [1.807, 2.05) is 0 Å². The summed E-state index contributed by atoms with van der Waals surface area (Å²) in [5.74, 6) is -0.446. The van der Waals surface area contributed by atoms with Gasteiger partial charge in [-0.25, -0.2) is 0 Å². The minimum atomic E-state index is -0.555. The highest BCUT2D eigenvalue weighted by Crippen LogP contribution is 2.14. The van der Waals surface area contributed by atoms with E-state index in [1.165, 1.54) is 128 Å². The molecule has 0 rings (SSSR count). The van der Waals surface area contributed by atoms with Crippen molar-refractivity contribution < 1.29 is 23.8 Å². The van der Waals surface area contributed by atoms with E-state index in [0.29, 0.717) is 19.4 Å². The molecule has 0 saturated heterocycles. The van der Waals surface area contributed by atoms with Crippen LogP contribution in [0.5, 0.6) is 0 Å². The molecule has 0 aromatic carbocycles. The van der Waals surface area contributed by atoms with Gasteiger partial charge in [-0.2, -0.15) is 0 Å². The Morgan fingerprint density at radius 2 is 0.750 bits per heavy atom. The van der Waals surface area contributed by atoms with Crippen molar-refractivity contribution in [3.63, 3.8) is 0 Å². The molecule has 0 saturated carbocycles. The maximum Gasteiger partial charge on any atom is 0.306 e. The van der Waals surface area contributed by atoms with E-state index in [0.717, 1.165) is 77.0 Å². The zero-order valence-electron chi connectivity index (χ0n) is 39.7. The Morgan fingerprint density at radius 1 is 0.383 bits per heavy atom. The van der Waals surface area contributed by atoms with Gasteiger partial charge in [0.25, 0.3) is 0 Å². The third-order valence-corrected chi connectivity index (χ3v) is 10.7. The number of ether oxygens (including phenoxy) is 3. The van der Waals surface area contributed by atoms with Gasteiger partial charge in [0.15, 0.2) is 6.10 Å². The Kier molecular flexibility index (Phi) is 48.4. The molecular weight excluding hydrogens is 741 g/mol. The number of rotatable bonds is 46. The summed E-state index contributed by atoms with van der Waals surface area (Å²) in [7, 11) is 0. The Labute approximate surface area is 372 Å². The van der Waals surface area contributed by atoms with Crippen LogP contribution in [-0.4, -0.2) is 37.9 Å². The second-order valence-electron chi connectivity index (χ2n) is 16.7. The zero-order valence-corrected chi connectivity index (χ0v) is 39.7. The summed E-state index contributed by atoms with van der Waals surface area (Å²) in [6, 6.07) is 0. The van der Waals surface area contributed by atoms with E-state index in [1.54, 1.807) is 0 Å². The number of unbranched alkanes of at least 4 members (excludes halogenated alkanes) is 23. The molecule has 5 heteroatoms. The lowest BCUT2D eigenvalue weighted by atomic mass is 10.1. The quantitative estimate of drug-likeness (QED) is 0.0347. The summed E-state index contributed by atoms with van der Waals surface area (Å²) in [5, 5.41) is 0. The van der Waals surface area contributed by atoms with Crippen molar-refractivity contribution in [2.45, 2.75) is 245 Å². The molecule has 0 aliphatic carbocycles. The SMILES string of the molecule is CC/C=C\C/C=C\C/C=C\C/C=C\CCCCC(=O)OCC(COCCCCCCCCCC/C=C\C/C=C\CCCCC)OC(=O)CCCCCCCCCCCCC. The van der Waals surface area contributed by atoms with Gasteiger partial charge in [0.2, 0.25) is 0 Å². The fourth-order valence-electron chi connectivity index (χ4n) is 6.94. The highest BCUT2D eigenvalue weighted by Gasteiger charge is 2.17. The zero-order chi connectivity index (χ0) is 43.5. The molecule has 0 bridgehead atoms. The predicted molar refractivity (Wildman–Crippen MR) is 260 cm³/mol. The summed E-state index contributed by atoms with van der Waals surface area (Å²) in [5.41, 5.74) is 0. The maximum atomic E-state index is 12.8. The van der Waals surface area contributed by atoms with E-state index in [9.17, 15) is 9.59 Å². The van der Waals surface area contributed by atoms with E-state index < -0.39 is 6.10 Å². The lowest BCUT2D eigenvalue weighted by Crippen LogP contribution is -2.30. The van der Waals surface area contributed by atoms with Crippen LogP contribution in [0.25, 0.3) is 0 Å². The first-order valence-corrected chi connectivity index (χ1v) is 25.5. The van der Waals surface area contributed by atoms with Crippen molar-refractivity contribution in [3.8, 4) is 0 Å². The van der Waals surface area contributed by atoms with Crippen LogP contribution < -0.4 is 0 Å². The van der Waals surface area contributed by atoms with Gasteiger partial charge in [0.1, 0.15) is 6.61 Å². The average Bonchev–Trinajstić information content (AvgIpc) is 3.25. The van der Waals surface area contributed by atoms with Crippen LogP contribution in [0.15, 0.2) is 72.9 Å². The molecule has 60 heavy (non-hydrogen) atoms. The van der Waals surface area contributed by atoms with Crippen LogP contribution in [0.4, 0.5) is 0 Å². The third kappa shape index (κ3) is 48.0. The van der Waals surface area contributed by atoms with Crippen LogP contribution in [0, 0.1) is 0 Å². The lowest BCUT2D eigenvalue weighted by Gasteiger charge is -2.18. The van der Waals surface area contributed by atoms with Gasteiger partial charge in [0.05, 0.1) is 6.61 Å². The van der Waals surface area contributed by atoms with Gasteiger partial charge in [-0.15, -0.1) is 0 Å². The average molecular weight is 837 g/mol. The standard InChI is InChI=1S/C55H96O5/c1-4-7-10-13-16-19-22-24-26-27-28-30-32-35-38-41-44-47-50-58-51-53(60-55(57)49-46-43-40-37-33-21-18-15-12-9-6-3)52-59-54(56)48-45-42-39-36-34-31-29-25-23-20-17-14-11-8-5-2/h8,11,16-17,19-20,24-26,29,34,36,53H,4-7,9-10,12-15,18,21-23,27-28,30-33,35,37-52H2,1-3H3/b11-8-,19-16-,20-17-,26-24-,29-25-,36-34-. The Bertz CT molecular complexity index is 1080. The molecule has 0 aliphatic rings. The summed E-state index contributed by atoms with van der Waals surface area (Å²) in [6.07, 6.45) is 64.8. The van der Waals surface area contributed by atoms with E-state index >= 15 is 0 Å². The fourth-order valence-corrected chi connectivity index (χ4v) is 6.94. The van der Waals surface area contributed by atoms with Gasteiger partial charge < -0.3 is 14.2 Å².